The number of para-hydroxylation sites is 1. The van der Waals surface area contributed by atoms with Crippen molar-refractivity contribution in [2.45, 2.75) is 19.4 Å². The van der Waals surface area contributed by atoms with Crippen LogP contribution in [0.2, 0.25) is 0 Å². The van der Waals surface area contributed by atoms with Crippen LogP contribution in [0.15, 0.2) is 59.7 Å². The minimum Gasteiger partial charge on any atom is -0.507 e. The lowest BCUT2D eigenvalue weighted by Gasteiger charge is -2.10. The molecule has 1 atom stereocenters. The lowest BCUT2D eigenvalue weighted by Crippen LogP contribution is -2.26. The summed E-state index contributed by atoms with van der Waals surface area (Å²) in [5.41, 5.74) is 3.93. The number of aromatic hydroxyl groups is 1. The van der Waals surface area contributed by atoms with Gasteiger partial charge in [-0.1, -0.05) is 49.4 Å². The van der Waals surface area contributed by atoms with E-state index in [1.807, 2.05) is 6.92 Å². The molecule has 2 aromatic carbocycles. The fourth-order valence-corrected chi connectivity index (χ4v) is 2.02. The molecule has 2 rings (SSSR count). The highest BCUT2D eigenvalue weighted by Crippen LogP contribution is 2.18. The normalized spacial score (nSPS) is 12.7. The van der Waals surface area contributed by atoms with Gasteiger partial charge in [-0.25, -0.2) is 5.43 Å². The number of carbonyl (C=O) groups excluding carboxylic acids is 1. The second kappa shape index (κ2) is 7.38. The summed E-state index contributed by atoms with van der Waals surface area (Å²) in [6.07, 6.45) is -0.758. The monoisotopic (exact) mass is 298 g/mol. The van der Waals surface area contributed by atoms with Crippen molar-refractivity contribution >= 4 is 11.6 Å². The molecule has 0 saturated heterocycles. The van der Waals surface area contributed by atoms with Crippen molar-refractivity contribution in [3.05, 3.63) is 65.7 Å². The number of amides is 1. The molecule has 0 aliphatic heterocycles. The van der Waals surface area contributed by atoms with Gasteiger partial charge in [-0.3, -0.25) is 4.79 Å². The number of aliphatic hydroxyl groups is 1. The number of hydrogen-bond acceptors (Lipinski definition) is 4. The van der Waals surface area contributed by atoms with Gasteiger partial charge in [0.1, 0.15) is 5.75 Å². The van der Waals surface area contributed by atoms with E-state index in [1.54, 1.807) is 54.6 Å². The van der Waals surface area contributed by atoms with Crippen LogP contribution in [-0.2, 0) is 4.79 Å². The summed E-state index contributed by atoms with van der Waals surface area (Å²) in [4.78, 5) is 11.9. The third-order valence-electron chi connectivity index (χ3n) is 3.21. The molecule has 0 spiro atoms. The Hall–Kier alpha value is -2.66. The molecular formula is C17H18N2O3. The molecule has 114 valence electrons. The zero-order valence-corrected chi connectivity index (χ0v) is 12.2. The van der Waals surface area contributed by atoms with Gasteiger partial charge in [0.2, 0.25) is 0 Å². The van der Waals surface area contributed by atoms with E-state index in [4.69, 9.17) is 0 Å². The fraction of sp³-hybridized carbons (Fsp3) is 0.176. The summed E-state index contributed by atoms with van der Waals surface area (Å²) in [5.74, 6) is -0.520. The van der Waals surface area contributed by atoms with Crippen LogP contribution < -0.4 is 5.43 Å². The molecule has 5 nitrogen and oxygen atoms in total. The Bertz CT molecular complexity index is 669. The maximum Gasteiger partial charge on any atom is 0.273 e. The van der Waals surface area contributed by atoms with Gasteiger partial charge in [-0.2, -0.15) is 5.10 Å². The average molecular weight is 298 g/mol. The van der Waals surface area contributed by atoms with Crippen LogP contribution in [0, 0.1) is 0 Å². The lowest BCUT2D eigenvalue weighted by atomic mass is 10.1. The molecule has 5 heteroatoms. The highest BCUT2D eigenvalue weighted by Gasteiger charge is 2.17. The number of rotatable bonds is 5. The van der Waals surface area contributed by atoms with Gasteiger partial charge in [-0.05, 0) is 24.1 Å². The molecule has 0 saturated carbocycles. The van der Waals surface area contributed by atoms with Gasteiger partial charge in [0.15, 0.2) is 6.10 Å². The number of phenolic OH excluding ortho intramolecular Hbond substituents is 1. The third-order valence-corrected chi connectivity index (χ3v) is 3.21. The van der Waals surface area contributed by atoms with E-state index in [0.717, 1.165) is 0 Å². The number of phenols is 1. The van der Waals surface area contributed by atoms with E-state index in [2.05, 4.69) is 10.5 Å². The van der Waals surface area contributed by atoms with Crippen molar-refractivity contribution < 1.29 is 15.0 Å². The first kappa shape index (κ1) is 15.7. The maximum absolute atomic E-state index is 11.9. The van der Waals surface area contributed by atoms with Crippen LogP contribution in [0.25, 0.3) is 0 Å². The summed E-state index contributed by atoms with van der Waals surface area (Å²) in [6, 6.07) is 15.4. The zero-order chi connectivity index (χ0) is 15.9. The molecule has 0 bridgehead atoms. The zero-order valence-electron chi connectivity index (χ0n) is 12.2. The lowest BCUT2D eigenvalue weighted by molar-refractivity contribution is -0.129. The Morgan fingerprint density at radius 3 is 2.41 bits per heavy atom. The number of hydrogen-bond donors (Lipinski definition) is 3. The summed E-state index contributed by atoms with van der Waals surface area (Å²) < 4.78 is 0. The Kier molecular flexibility index (Phi) is 5.27. The van der Waals surface area contributed by atoms with Crippen LogP contribution >= 0.6 is 0 Å². The van der Waals surface area contributed by atoms with Gasteiger partial charge >= 0.3 is 0 Å². The Morgan fingerprint density at radius 1 is 1.14 bits per heavy atom. The quantitative estimate of drug-likeness (QED) is 0.585. The van der Waals surface area contributed by atoms with Crippen LogP contribution in [0.1, 0.15) is 30.6 Å². The Balaban J connectivity index is 2.12. The Morgan fingerprint density at radius 2 is 1.77 bits per heavy atom. The number of nitrogens with one attached hydrogen (secondary N) is 1. The summed E-state index contributed by atoms with van der Waals surface area (Å²) in [6.45, 7) is 1.87. The predicted molar refractivity (Wildman–Crippen MR) is 84.5 cm³/mol. The van der Waals surface area contributed by atoms with Crippen molar-refractivity contribution in [3.63, 3.8) is 0 Å². The van der Waals surface area contributed by atoms with E-state index in [1.165, 1.54) is 0 Å². The van der Waals surface area contributed by atoms with E-state index in [9.17, 15) is 15.0 Å². The average Bonchev–Trinajstić information content (AvgIpc) is 2.56. The molecule has 3 N–H and O–H groups in total. The van der Waals surface area contributed by atoms with Gasteiger partial charge < -0.3 is 10.2 Å². The van der Waals surface area contributed by atoms with Crippen molar-refractivity contribution in [3.8, 4) is 5.75 Å². The number of hydrazone groups is 1. The smallest absolute Gasteiger partial charge is 0.273 e. The van der Waals surface area contributed by atoms with Crippen LogP contribution in [0.5, 0.6) is 5.75 Å². The Labute approximate surface area is 128 Å². The number of benzene rings is 2. The summed E-state index contributed by atoms with van der Waals surface area (Å²) in [7, 11) is 0. The number of carbonyl (C=O) groups is 1. The molecule has 0 heterocycles. The maximum atomic E-state index is 11.9. The molecule has 1 unspecified atom stereocenters. The van der Waals surface area contributed by atoms with Crippen molar-refractivity contribution in [1.29, 1.82) is 0 Å². The van der Waals surface area contributed by atoms with Crippen molar-refractivity contribution in [2.75, 3.05) is 0 Å². The largest absolute Gasteiger partial charge is 0.507 e. The minimum atomic E-state index is -1.28. The highest BCUT2D eigenvalue weighted by atomic mass is 16.3. The standard InChI is InChI=1S/C17H18N2O3/c1-2-14(13-10-6-7-11-15(13)20)18-19-17(22)16(21)12-8-4-3-5-9-12/h3-11,16,20-21H,2H2,1H3,(H,19,22). The second-order valence-corrected chi connectivity index (χ2v) is 4.72. The molecule has 0 fully saturated rings. The topological polar surface area (TPSA) is 81.9 Å². The van der Waals surface area contributed by atoms with Gasteiger partial charge in [0.05, 0.1) is 5.71 Å². The summed E-state index contributed by atoms with van der Waals surface area (Å²) >= 11 is 0. The molecule has 1 amide bonds. The van der Waals surface area contributed by atoms with E-state index >= 15 is 0 Å². The molecule has 2 aromatic rings. The predicted octanol–water partition coefficient (Wildman–Crippen LogP) is 2.36. The first-order valence-electron chi connectivity index (χ1n) is 7.01. The fourth-order valence-electron chi connectivity index (χ4n) is 2.02. The molecule has 0 radical (unpaired) electrons. The molecule has 0 aromatic heterocycles. The van der Waals surface area contributed by atoms with Crippen LogP contribution in [0.4, 0.5) is 0 Å². The van der Waals surface area contributed by atoms with E-state index in [0.29, 0.717) is 23.3 Å². The first-order valence-corrected chi connectivity index (χ1v) is 7.01. The molecule has 0 aliphatic rings. The van der Waals surface area contributed by atoms with E-state index in [-0.39, 0.29) is 5.75 Å². The molecule has 0 aliphatic carbocycles. The number of nitrogens with zero attached hydrogens (tertiary/aromatic N) is 1. The van der Waals surface area contributed by atoms with Crippen LogP contribution in [-0.4, -0.2) is 21.8 Å². The summed E-state index contributed by atoms with van der Waals surface area (Å²) in [5, 5.41) is 23.8. The second-order valence-electron chi connectivity index (χ2n) is 4.72. The van der Waals surface area contributed by atoms with Gasteiger partial charge in [-0.15, -0.1) is 0 Å². The van der Waals surface area contributed by atoms with E-state index < -0.39 is 12.0 Å². The van der Waals surface area contributed by atoms with Crippen molar-refractivity contribution in [1.82, 2.24) is 5.43 Å². The van der Waals surface area contributed by atoms with Crippen LogP contribution in [0.3, 0.4) is 0 Å². The SMILES string of the molecule is CCC(=NNC(=O)C(O)c1ccccc1)c1ccccc1O. The minimum absolute atomic E-state index is 0.0981. The third kappa shape index (κ3) is 3.71. The van der Waals surface area contributed by atoms with Crippen molar-refractivity contribution in [2.24, 2.45) is 5.10 Å². The number of aliphatic hydroxyl groups excluding tert-OH is 1. The molecular weight excluding hydrogens is 280 g/mol. The highest BCUT2D eigenvalue weighted by molar-refractivity contribution is 6.03. The van der Waals surface area contributed by atoms with Gasteiger partial charge in [0.25, 0.3) is 5.91 Å². The first-order chi connectivity index (χ1) is 10.6. The molecule has 22 heavy (non-hydrogen) atoms. The van der Waals surface area contributed by atoms with Gasteiger partial charge in [0, 0.05) is 5.56 Å².